The number of hydrogen-bond acceptors (Lipinski definition) is 4. The number of aromatic nitrogens is 2. The minimum Gasteiger partial charge on any atom is -0.338 e. The van der Waals surface area contributed by atoms with Crippen molar-refractivity contribution in [1.29, 1.82) is 0 Å². The van der Waals surface area contributed by atoms with Gasteiger partial charge in [-0.15, -0.1) is 11.3 Å². The van der Waals surface area contributed by atoms with E-state index in [4.69, 9.17) is 0 Å². The average molecular weight is 303 g/mol. The number of nitrogens with zero attached hydrogens (tertiary/aromatic N) is 3. The number of thiazole rings is 1. The zero-order valence-electron chi connectivity index (χ0n) is 12.0. The molecule has 2 aromatic heterocycles. The molecule has 1 saturated carbocycles. The maximum absolute atomic E-state index is 12.6. The van der Waals surface area contributed by atoms with E-state index in [2.05, 4.69) is 4.98 Å². The highest BCUT2D eigenvalue weighted by atomic mass is 32.1. The van der Waals surface area contributed by atoms with Gasteiger partial charge in [0, 0.05) is 30.4 Å². The van der Waals surface area contributed by atoms with Gasteiger partial charge in [0.25, 0.3) is 11.5 Å². The summed E-state index contributed by atoms with van der Waals surface area (Å²) in [5.74, 6) is -0.158. The normalized spacial score (nSPS) is 20.1. The lowest BCUT2D eigenvalue weighted by Gasteiger charge is -2.37. The van der Waals surface area contributed by atoms with Crippen molar-refractivity contribution in [3.63, 3.8) is 0 Å². The third-order valence-corrected chi connectivity index (χ3v) is 5.80. The van der Waals surface area contributed by atoms with E-state index in [1.165, 1.54) is 41.2 Å². The molecule has 6 heteroatoms. The SMILES string of the molecule is Cc1cn2c(=O)c(C(=O)N3CCC4(CCC4)C3)cnc2s1. The maximum atomic E-state index is 12.6. The molecular weight excluding hydrogens is 286 g/mol. The molecule has 0 unspecified atom stereocenters. The summed E-state index contributed by atoms with van der Waals surface area (Å²) in [5, 5.41) is 0. The van der Waals surface area contributed by atoms with Crippen LogP contribution in [0.25, 0.3) is 4.96 Å². The van der Waals surface area contributed by atoms with Crippen LogP contribution in [0.5, 0.6) is 0 Å². The Bertz CT molecular complexity index is 788. The smallest absolute Gasteiger partial charge is 0.271 e. The van der Waals surface area contributed by atoms with Gasteiger partial charge in [-0.05, 0) is 31.6 Å². The highest BCUT2D eigenvalue weighted by Gasteiger charge is 2.44. The second kappa shape index (κ2) is 4.40. The number of aryl methyl sites for hydroxylation is 1. The molecule has 1 aliphatic carbocycles. The van der Waals surface area contributed by atoms with Crippen LogP contribution in [0, 0.1) is 12.3 Å². The molecule has 1 saturated heterocycles. The lowest BCUT2D eigenvalue weighted by molar-refractivity contribution is 0.0730. The van der Waals surface area contributed by atoms with Gasteiger partial charge in [0.05, 0.1) is 0 Å². The van der Waals surface area contributed by atoms with Gasteiger partial charge in [-0.3, -0.25) is 14.0 Å². The van der Waals surface area contributed by atoms with Gasteiger partial charge in [-0.2, -0.15) is 0 Å². The number of amides is 1. The Hall–Kier alpha value is -1.69. The molecule has 2 fully saturated rings. The van der Waals surface area contributed by atoms with Gasteiger partial charge in [-0.25, -0.2) is 4.98 Å². The van der Waals surface area contributed by atoms with E-state index in [0.717, 1.165) is 24.4 Å². The van der Waals surface area contributed by atoms with Gasteiger partial charge < -0.3 is 4.90 Å². The van der Waals surface area contributed by atoms with Gasteiger partial charge in [0.2, 0.25) is 0 Å². The lowest BCUT2D eigenvalue weighted by Crippen LogP contribution is -2.38. The number of fused-ring (bicyclic) bond motifs is 1. The Morgan fingerprint density at radius 1 is 1.38 bits per heavy atom. The molecule has 0 bridgehead atoms. The van der Waals surface area contributed by atoms with Crippen molar-refractivity contribution >= 4 is 22.2 Å². The van der Waals surface area contributed by atoms with Crippen molar-refractivity contribution in [2.45, 2.75) is 32.6 Å². The summed E-state index contributed by atoms with van der Waals surface area (Å²) in [6.45, 7) is 3.50. The monoisotopic (exact) mass is 303 g/mol. The molecule has 2 aromatic rings. The van der Waals surface area contributed by atoms with Crippen LogP contribution in [0.3, 0.4) is 0 Å². The summed E-state index contributed by atoms with van der Waals surface area (Å²) in [5.41, 5.74) is 0.299. The predicted octanol–water partition coefficient (Wildman–Crippen LogP) is 2.08. The van der Waals surface area contributed by atoms with Crippen molar-refractivity contribution in [3.8, 4) is 0 Å². The number of hydrogen-bond donors (Lipinski definition) is 0. The average Bonchev–Trinajstić information content (AvgIpc) is 3.01. The van der Waals surface area contributed by atoms with Crippen LogP contribution in [0.15, 0.2) is 17.2 Å². The summed E-state index contributed by atoms with van der Waals surface area (Å²) in [6, 6.07) is 0. The van der Waals surface area contributed by atoms with E-state index in [1.54, 1.807) is 6.20 Å². The number of rotatable bonds is 1. The Balaban J connectivity index is 1.68. The maximum Gasteiger partial charge on any atom is 0.271 e. The van der Waals surface area contributed by atoms with Crippen LogP contribution in [-0.2, 0) is 0 Å². The van der Waals surface area contributed by atoms with E-state index in [0.29, 0.717) is 10.4 Å². The topological polar surface area (TPSA) is 54.7 Å². The van der Waals surface area contributed by atoms with Crippen molar-refractivity contribution in [2.75, 3.05) is 13.1 Å². The van der Waals surface area contributed by atoms with Crippen LogP contribution in [0.2, 0.25) is 0 Å². The fraction of sp³-hybridized carbons (Fsp3) is 0.533. The molecule has 0 atom stereocenters. The van der Waals surface area contributed by atoms with Crippen LogP contribution < -0.4 is 5.56 Å². The molecule has 2 aliphatic rings. The van der Waals surface area contributed by atoms with Gasteiger partial charge in [0.15, 0.2) is 4.96 Å². The fourth-order valence-electron chi connectivity index (χ4n) is 3.51. The summed E-state index contributed by atoms with van der Waals surface area (Å²) in [4.78, 5) is 32.8. The Kier molecular flexibility index (Phi) is 2.73. The third-order valence-electron chi connectivity index (χ3n) is 4.89. The highest BCUT2D eigenvalue weighted by Crippen LogP contribution is 2.48. The first-order chi connectivity index (χ1) is 10.1. The first-order valence-corrected chi connectivity index (χ1v) is 8.17. The van der Waals surface area contributed by atoms with Gasteiger partial charge in [0.1, 0.15) is 5.56 Å². The highest BCUT2D eigenvalue weighted by molar-refractivity contribution is 7.16. The molecule has 21 heavy (non-hydrogen) atoms. The molecule has 0 aromatic carbocycles. The van der Waals surface area contributed by atoms with Crippen LogP contribution in [0.4, 0.5) is 0 Å². The first kappa shape index (κ1) is 13.0. The first-order valence-electron chi connectivity index (χ1n) is 7.35. The molecular formula is C15H17N3O2S. The Morgan fingerprint density at radius 2 is 2.19 bits per heavy atom. The Labute approximate surface area is 126 Å². The summed E-state index contributed by atoms with van der Waals surface area (Å²) >= 11 is 1.46. The van der Waals surface area contributed by atoms with Crippen molar-refractivity contribution in [2.24, 2.45) is 5.41 Å². The molecule has 110 valence electrons. The summed E-state index contributed by atoms with van der Waals surface area (Å²) in [7, 11) is 0. The van der Waals surface area contributed by atoms with Gasteiger partial charge in [-0.1, -0.05) is 6.42 Å². The fourth-order valence-corrected chi connectivity index (χ4v) is 4.29. The predicted molar refractivity (Wildman–Crippen MR) is 80.9 cm³/mol. The van der Waals surface area contributed by atoms with Crippen molar-refractivity contribution in [1.82, 2.24) is 14.3 Å². The zero-order valence-corrected chi connectivity index (χ0v) is 12.8. The van der Waals surface area contributed by atoms with Crippen molar-refractivity contribution in [3.05, 3.63) is 33.2 Å². The molecule has 1 spiro atoms. The minimum atomic E-state index is -0.246. The zero-order chi connectivity index (χ0) is 14.6. The van der Waals surface area contributed by atoms with Crippen LogP contribution in [-0.4, -0.2) is 33.3 Å². The largest absolute Gasteiger partial charge is 0.338 e. The molecule has 5 nitrogen and oxygen atoms in total. The quantitative estimate of drug-likeness (QED) is 0.810. The van der Waals surface area contributed by atoms with E-state index in [1.807, 2.05) is 11.8 Å². The molecule has 1 amide bonds. The molecule has 1 aliphatic heterocycles. The molecule has 3 heterocycles. The van der Waals surface area contributed by atoms with E-state index in [9.17, 15) is 9.59 Å². The lowest BCUT2D eigenvalue weighted by atomic mass is 9.68. The standard InChI is InChI=1S/C15H17N3O2S/c1-10-8-18-13(20)11(7-16-14(18)21-10)12(19)17-6-5-15(9-17)3-2-4-15/h7-8H,2-6,9H2,1H3. The summed E-state index contributed by atoms with van der Waals surface area (Å²) in [6.07, 6.45) is 7.98. The van der Waals surface area contributed by atoms with Crippen LogP contribution in [0.1, 0.15) is 40.9 Å². The number of carbonyl (C=O) groups excluding carboxylic acids is 1. The van der Waals surface area contributed by atoms with E-state index >= 15 is 0 Å². The summed E-state index contributed by atoms with van der Waals surface area (Å²) < 4.78 is 1.49. The number of carbonyl (C=O) groups is 1. The number of likely N-dealkylation sites (tertiary alicyclic amines) is 1. The van der Waals surface area contributed by atoms with Crippen molar-refractivity contribution < 1.29 is 4.79 Å². The Morgan fingerprint density at radius 3 is 2.86 bits per heavy atom. The third kappa shape index (κ3) is 1.92. The molecule has 4 rings (SSSR count). The van der Waals surface area contributed by atoms with Gasteiger partial charge >= 0.3 is 0 Å². The molecule has 0 radical (unpaired) electrons. The second-order valence-corrected chi connectivity index (χ2v) is 7.51. The minimum absolute atomic E-state index is 0.158. The van der Waals surface area contributed by atoms with E-state index < -0.39 is 0 Å². The molecule has 0 N–H and O–H groups in total. The van der Waals surface area contributed by atoms with E-state index in [-0.39, 0.29) is 17.0 Å². The van der Waals surface area contributed by atoms with Crippen LogP contribution >= 0.6 is 11.3 Å². The second-order valence-electron chi connectivity index (χ2n) is 6.30.